The summed E-state index contributed by atoms with van der Waals surface area (Å²) in [6.07, 6.45) is 0.174. The second-order valence-electron chi connectivity index (χ2n) is 5.41. The van der Waals surface area contributed by atoms with Gasteiger partial charge >= 0.3 is 12.1 Å². The van der Waals surface area contributed by atoms with Crippen LogP contribution in [-0.4, -0.2) is 36.3 Å². The quantitative estimate of drug-likeness (QED) is 0.794. The van der Waals surface area contributed by atoms with Gasteiger partial charge in [-0.1, -0.05) is 25.1 Å². The minimum Gasteiger partial charge on any atom is -0.462 e. The summed E-state index contributed by atoms with van der Waals surface area (Å²) < 4.78 is 10.3. The number of amides is 1. The molecule has 1 aliphatic heterocycles. The van der Waals surface area contributed by atoms with Crippen molar-refractivity contribution in [3.05, 3.63) is 36.4 Å². The van der Waals surface area contributed by atoms with E-state index in [9.17, 15) is 9.59 Å². The van der Waals surface area contributed by atoms with Crippen LogP contribution >= 0.6 is 0 Å². The Morgan fingerprint density at radius 1 is 1.35 bits per heavy atom. The SMILES string of the molecule is CCCC(=O)OC[C@H]1CN(c2ccc3ccccc3n2)C(=O)O1. The molecule has 6 heteroatoms. The predicted molar refractivity (Wildman–Crippen MR) is 85.2 cm³/mol. The average Bonchev–Trinajstić information content (AvgIpc) is 2.94. The molecule has 0 spiro atoms. The molecule has 0 N–H and O–H groups in total. The molecule has 23 heavy (non-hydrogen) atoms. The smallest absolute Gasteiger partial charge is 0.416 e. The highest BCUT2D eigenvalue weighted by Crippen LogP contribution is 2.22. The Morgan fingerprint density at radius 3 is 3.00 bits per heavy atom. The molecule has 1 amide bonds. The van der Waals surface area contributed by atoms with Crippen molar-refractivity contribution in [1.29, 1.82) is 0 Å². The highest BCUT2D eigenvalue weighted by Gasteiger charge is 2.34. The molecule has 6 nitrogen and oxygen atoms in total. The largest absolute Gasteiger partial charge is 0.462 e. The summed E-state index contributed by atoms with van der Waals surface area (Å²) in [7, 11) is 0. The lowest BCUT2D eigenvalue weighted by Crippen LogP contribution is -2.27. The summed E-state index contributed by atoms with van der Waals surface area (Å²) in [5, 5.41) is 1.01. The zero-order chi connectivity index (χ0) is 16.2. The van der Waals surface area contributed by atoms with Crippen molar-refractivity contribution in [2.75, 3.05) is 18.1 Å². The summed E-state index contributed by atoms with van der Waals surface area (Å²) in [5.74, 6) is 0.266. The Morgan fingerprint density at radius 2 is 2.17 bits per heavy atom. The molecule has 0 radical (unpaired) electrons. The number of esters is 1. The summed E-state index contributed by atoms with van der Waals surface area (Å²) in [6, 6.07) is 11.4. The number of nitrogens with zero attached hydrogens (tertiary/aromatic N) is 2. The van der Waals surface area contributed by atoms with Gasteiger partial charge in [-0.15, -0.1) is 0 Å². The van der Waals surface area contributed by atoms with Crippen LogP contribution in [0.3, 0.4) is 0 Å². The van der Waals surface area contributed by atoms with E-state index in [1.807, 2.05) is 37.3 Å². The summed E-state index contributed by atoms with van der Waals surface area (Å²) in [4.78, 5) is 29.4. The van der Waals surface area contributed by atoms with Crippen molar-refractivity contribution in [1.82, 2.24) is 4.98 Å². The zero-order valence-electron chi connectivity index (χ0n) is 12.9. The third kappa shape index (κ3) is 3.41. The maximum absolute atomic E-state index is 12.0. The number of cyclic esters (lactones) is 1. The first kappa shape index (κ1) is 15.3. The fourth-order valence-electron chi connectivity index (χ4n) is 2.46. The van der Waals surface area contributed by atoms with Gasteiger partial charge in [0.15, 0.2) is 6.10 Å². The zero-order valence-corrected chi connectivity index (χ0v) is 12.9. The fourth-order valence-corrected chi connectivity index (χ4v) is 2.46. The number of carbonyl (C=O) groups is 2. The Balaban J connectivity index is 1.68. The van der Waals surface area contributed by atoms with Crippen LogP contribution in [0.2, 0.25) is 0 Å². The molecule has 1 aromatic heterocycles. The molecule has 1 aliphatic rings. The van der Waals surface area contributed by atoms with E-state index in [0.717, 1.165) is 17.3 Å². The molecule has 1 saturated heterocycles. The van der Waals surface area contributed by atoms with Gasteiger partial charge in [0.2, 0.25) is 0 Å². The first-order valence-corrected chi connectivity index (χ1v) is 7.67. The number of carbonyl (C=O) groups excluding carboxylic acids is 2. The minimum absolute atomic E-state index is 0.0780. The molecule has 3 rings (SSSR count). The number of para-hydroxylation sites is 1. The van der Waals surface area contributed by atoms with Crippen molar-refractivity contribution in [3.63, 3.8) is 0 Å². The first-order valence-electron chi connectivity index (χ1n) is 7.67. The predicted octanol–water partition coefficient (Wildman–Crippen LogP) is 2.90. The number of anilines is 1. The van der Waals surface area contributed by atoms with Crippen LogP contribution in [0.25, 0.3) is 10.9 Å². The lowest BCUT2D eigenvalue weighted by molar-refractivity contribution is -0.146. The molecule has 2 aromatic rings. The van der Waals surface area contributed by atoms with Gasteiger partial charge in [-0.2, -0.15) is 0 Å². The monoisotopic (exact) mass is 314 g/mol. The second kappa shape index (κ2) is 6.64. The van der Waals surface area contributed by atoms with Crippen LogP contribution in [0.1, 0.15) is 19.8 Å². The maximum atomic E-state index is 12.0. The Kier molecular flexibility index (Phi) is 4.41. The molecule has 0 saturated carbocycles. The average molecular weight is 314 g/mol. The molecular weight excluding hydrogens is 296 g/mol. The Bertz CT molecular complexity index is 731. The number of benzene rings is 1. The Labute approximate surface area is 134 Å². The van der Waals surface area contributed by atoms with E-state index in [-0.39, 0.29) is 12.6 Å². The van der Waals surface area contributed by atoms with Gasteiger partial charge in [-0.25, -0.2) is 9.78 Å². The van der Waals surface area contributed by atoms with Crippen LogP contribution in [0.5, 0.6) is 0 Å². The number of pyridine rings is 1. The van der Waals surface area contributed by atoms with E-state index >= 15 is 0 Å². The van der Waals surface area contributed by atoms with Crippen LogP contribution in [0.4, 0.5) is 10.6 Å². The number of ether oxygens (including phenoxy) is 2. The van der Waals surface area contributed by atoms with Crippen molar-refractivity contribution in [3.8, 4) is 0 Å². The van der Waals surface area contributed by atoms with E-state index < -0.39 is 12.2 Å². The maximum Gasteiger partial charge on any atom is 0.416 e. The third-order valence-electron chi connectivity index (χ3n) is 3.62. The number of hydrogen-bond donors (Lipinski definition) is 0. The van der Waals surface area contributed by atoms with Gasteiger partial charge in [-0.05, 0) is 24.6 Å². The van der Waals surface area contributed by atoms with Crippen molar-refractivity contribution in [2.45, 2.75) is 25.9 Å². The van der Waals surface area contributed by atoms with E-state index in [1.165, 1.54) is 4.90 Å². The molecule has 1 fully saturated rings. The topological polar surface area (TPSA) is 68.7 Å². The third-order valence-corrected chi connectivity index (χ3v) is 3.62. The molecular formula is C17H18N2O4. The van der Waals surface area contributed by atoms with E-state index in [4.69, 9.17) is 9.47 Å². The van der Waals surface area contributed by atoms with Crippen LogP contribution < -0.4 is 4.90 Å². The molecule has 120 valence electrons. The van der Waals surface area contributed by atoms with Gasteiger partial charge in [0, 0.05) is 11.8 Å². The number of rotatable bonds is 5. The van der Waals surface area contributed by atoms with E-state index in [1.54, 1.807) is 6.07 Å². The van der Waals surface area contributed by atoms with Gasteiger partial charge in [0.1, 0.15) is 12.4 Å². The summed E-state index contributed by atoms with van der Waals surface area (Å²) in [5.41, 5.74) is 0.815. The van der Waals surface area contributed by atoms with Crippen molar-refractivity contribution in [2.24, 2.45) is 0 Å². The minimum atomic E-state index is -0.468. The van der Waals surface area contributed by atoms with Crippen LogP contribution in [0.15, 0.2) is 36.4 Å². The van der Waals surface area contributed by atoms with Gasteiger partial charge < -0.3 is 9.47 Å². The normalized spacial score (nSPS) is 17.3. The first-order chi connectivity index (χ1) is 11.2. The van der Waals surface area contributed by atoms with Gasteiger partial charge in [0.05, 0.1) is 12.1 Å². The fraction of sp³-hybridized carbons (Fsp3) is 0.353. The van der Waals surface area contributed by atoms with Gasteiger partial charge in [-0.3, -0.25) is 9.69 Å². The van der Waals surface area contributed by atoms with Gasteiger partial charge in [0.25, 0.3) is 0 Å². The number of hydrogen-bond acceptors (Lipinski definition) is 5. The number of fused-ring (bicyclic) bond motifs is 1. The molecule has 1 aromatic carbocycles. The van der Waals surface area contributed by atoms with E-state index in [0.29, 0.717) is 18.8 Å². The van der Waals surface area contributed by atoms with Crippen molar-refractivity contribution < 1.29 is 19.1 Å². The summed E-state index contributed by atoms with van der Waals surface area (Å²) in [6.45, 7) is 2.31. The summed E-state index contributed by atoms with van der Waals surface area (Å²) >= 11 is 0. The van der Waals surface area contributed by atoms with Crippen molar-refractivity contribution >= 4 is 28.8 Å². The molecule has 0 aliphatic carbocycles. The highest BCUT2D eigenvalue weighted by atomic mass is 16.6. The van der Waals surface area contributed by atoms with Crippen LogP contribution in [-0.2, 0) is 14.3 Å². The lowest BCUT2D eigenvalue weighted by Gasteiger charge is -2.12. The Hall–Kier alpha value is -2.63. The second-order valence-corrected chi connectivity index (χ2v) is 5.41. The standard InChI is InChI=1S/C17H18N2O4/c1-2-5-16(20)22-11-13-10-19(17(21)23-13)15-9-8-12-6-3-4-7-14(12)18-15/h3-4,6-9,13H,2,5,10-11H2,1H3/t13-/m1/s1. The molecule has 1 atom stereocenters. The van der Waals surface area contributed by atoms with Crippen LogP contribution in [0, 0.1) is 0 Å². The van der Waals surface area contributed by atoms with E-state index in [2.05, 4.69) is 4.98 Å². The number of aromatic nitrogens is 1. The lowest BCUT2D eigenvalue weighted by atomic mass is 10.2. The molecule has 0 unspecified atom stereocenters. The molecule has 0 bridgehead atoms. The highest BCUT2D eigenvalue weighted by molar-refractivity contribution is 5.90. The molecule has 2 heterocycles.